The number of nitrogens with zero attached hydrogens (tertiary/aromatic N) is 1. The maximum atomic E-state index is 5.70. The minimum Gasteiger partial charge on any atom is -0.322 e. The van der Waals surface area contributed by atoms with Crippen molar-refractivity contribution in [2.75, 3.05) is 19.8 Å². The Morgan fingerprint density at radius 3 is 2.28 bits per heavy atom. The highest BCUT2D eigenvalue weighted by molar-refractivity contribution is 6.76. The van der Waals surface area contributed by atoms with Gasteiger partial charge in [-0.2, -0.15) is 0 Å². The van der Waals surface area contributed by atoms with Crippen LogP contribution in [0.25, 0.3) is 0 Å². The first-order valence-corrected chi connectivity index (χ1v) is 10.6. The van der Waals surface area contributed by atoms with Crippen molar-refractivity contribution in [2.24, 2.45) is 0 Å². The van der Waals surface area contributed by atoms with Crippen LogP contribution in [-0.2, 0) is 6.54 Å². The Labute approximate surface area is 118 Å². The lowest BCUT2D eigenvalue weighted by molar-refractivity contribution is -0.907. The number of halogens is 1. The number of hydrogen-bond acceptors (Lipinski definition) is 0. The van der Waals surface area contributed by atoms with Gasteiger partial charge in [-0.1, -0.05) is 61.6 Å². The van der Waals surface area contributed by atoms with Crippen molar-refractivity contribution in [3.63, 3.8) is 0 Å². The average Bonchev–Trinajstić information content (AvgIpc) is 2.25. The van der Waals surface area contributed by atoms with E-state index in [0.717, 1.165) is 17.6 Å². The second kappa shape index (κ2) is 6.55. The molecule has 0 amide bonds. The third-order valence-corrected chi connectivity index (χ3v) is 4.79. The van der Waals surface area contributed by atoms with Gasteiger partial charge in [0.05, 0.1) is 19.8 Å². The maximum absolute atomic E-state index is 5.70. The highest BCUT2D eigenvalue weighted by Crippen LogP contribution is 2.17. The Bertz CT molecular complexity index is 383. The fourth-order valence-corrected chi connectivity index (χ4v) is 5.26. The summed E-state index contributed by atoms with van der Waals surface area (Å²) in [6.07, 6.45) is 3.34. The summed E-state index contributed by atoms with van der Waals surface area (Å²) < 4.78 is 1.04. The van der Waals surface area contributed by atoms with Gasteiger partial charge in [0.1, 0.15) is 14.6 Å². The molecule has 0 heterocycles. The van der Waals surface area contributed by atoms with E-state index in [4.69, 9.17) is 11.6 Å². The molecule has 1 rings (SSSR count). The highest BCUT2D eigenvalue weighted by atomic mass is 35.5. The number of benzene rings is 1. The van der Waals surface area contributed by atoms with Crippen LogP contribution in [0.5, 0.6) is 0 Å². The van der Waals surface area contributed by atoms with E-state index in [2.05, 4.69) is 63.1 Å². The fraction of sp³-hybridized carbons (Fsp3) is 0.467. The SMILES string of the molecule is C[N+](C/C=C/Cl)(Cc1ccccc1)C[Si](C)(C)C. The van der Waals surface area contributed by atoms with E-state index in [1.807, 2.05) is 0 Å². The lowest BCUT2D eigenvalue weighted by Gasteiger charge is -2.38. The molecule has 1 nitrogen and oxygen atoms in total. The molecule has 0 saturated heterocycles. The molecule has 1 aromatic rings. The zero-order valence-electron chi connectivity index (χ0n) is 12.0. The summed E-state index contributed by atoms with van der Waals surface area (Å²) in [5, 5.41) is 0. The molecule has 0 N–H and O–H groups in total. The molecule has 1 unspecified atom stereocenters. The predicted molar refractivity (Wildman–Crippen MR) is 84.4 cm³/mol. The minimum atomic E-state index is -1.10. The van der Waals surface area contributed by atoms with Gasteiger partial charge in [0.15, 0.2) is 0 Å². The van der Waals surface area contributed by atoms with Crippen LogP contribution in [0.15, 0.2) is 41.9 Å². The Kier molecular flexibility index (Phi) is 5.64. The van der Waals surface area contributed by atoms with Gasteiger partial charge in [-0.25, -0.2) is 0 Å². The van der Waals surface area contributed by atoms with Gasteiger partial charge in [-0.3, -0.25) is 0 Å². The first-order valence-electron chi connectivity index (χ1n) is 6.47. The number of quaternary nitrogens is 1. The van der Waals surface area contributed by atoms with Crippen LogP contribution >= 0.6 is 11.6 Å². The zero-order valence-corrected chi connectivity index (χ0v) is 13.7. The van der Waals surface area contributed by atoms with Crippen LogP contribution in [0, 0.1) is 0 Å². The van der Waals surface area contributed by atoms with Gasteiger partial charge >= 0.3 is 0 Å². The predicted octanol–water partition coefficient (Wildman–Crippen LogP) is 4.26. The average molecular weight is 283 g/mol. The second-order valence-corrected chi connectivity index (χ2v) is 12.2. The Morgan fingerprint density at radius 2 is 1.78 bits per heavy atom. The molecule has 0 radical (unpaired) electrons. The number of rotatable bonds is 6. The van der Waals surface area contributed by atoms with Crippen molar-refractivity contribution in [1.82, 2.24) is 0 Å². The smallest absolute Gasteiger partial charge is 0.110 e. The van der Waals surface area contributed by atoms with E-state index in [1.54, 1.807) is 5.54 Å². The molecule has 18 heavy (non-hydrogen) atoms. The van der Waals surface area contributed by atoms with E-state index in [1.165, 1.54) is 11.7 Å². The van der Waals surface area contributed by atoms with Crippen LogP contribution in [0.3, 0.4) is 0 Å². The van der Waals surface area contributed by atoms with Crippen molar-refractivity contribution >= 4 is 19.7 Å². The summed E-state index contributed by atoms with van der Waals surface area (Å²) in [6, 6.07) is 10.7. The lowest BCUT2D eigenvalue weighted by atomic mass is 10.2. The lowest BCUT2D eigenvalue weighted by Crippen LogP contribution is -2.52. The molecule has 0 aromatic heterocycles. The maximum Gasteiger partial charge on any atom is 0.110 e. The Balaban J connectivity index is 2.83. The molecular weight excluding hydrogens is 258 g/mol. The first-order chi connectivity index (χ1) is 8.35. The Morgan fingerprint density at radius 1 is 1.17 bits per heavy atom. The summed E-state index contributed by atoms with van der Waals surface area (Å²) in [5.41, 5.74) is 3.05. The van der Waals surface area contributed by atoms with Crippen molar-refractivity contribution in [2.45, 2.75) is 26.2 Å². The highest BCUT2D eigenvalue weighted by Gasteiger charge is 2.29. The molecule has 0 saturated carbocycles. The normalized spacial score (nSPS) is 15.8. The van der Waals surface area contributed by atoms with E-state index in [-0.39, 0.29) is 0 Å². The van der Waals surface area contributed by atoms with Gasteiger partial charge < -0.3 is 4.48 Å². The van der Waals surface area contributed by atoms with Gasteiger partial charge in [0, 0.05) is 11.1 Å². The summed E-state index contributed by atoms with van der Waals surface area (Å²) in [6.45, 7) is 9.37. The molecule has 0 aliphatic rings. The van der Waals surface area contributed by atoms with E-state index < -0.39 is 8.07 Å². The van der Waals surface area contributed by atoms with Crippen molar-refractivity contribution in [3.05, 3.63) is 47.5 Å². The summed E-state index contributed by atoms with van der Waals surface area (Å²) >= 11 is 5.70. The van der Waals surface area contributed by atoms with Crippen molar-refractivity contribution in [3.8, 4) is 0 Å². The van der Waals surface area contributed by atoms with Crippen molar-refractivity contribution in [1.29, 1.82) is 0 Å². The third kappa shape index (κ3) is 5.85. The van der Waals surface area contributed by atoms with Crippen molar-refractivity contribution < 1.29 is 4.48 Å². The van der Waals surface area contributed by atoms with Gasteiger partial charge in [0.25, 0.3) is 0 Å². The second-order valence-electron chi connectivity index (χ2n) is 6.53. The van der Waals surface area contributed by atoms with Crippen LogP contribution < -0.4 is 0 Å². The van der Waals surface area contributed by atoms with Gasteiger partial charge in [0.2, 0.25) is 0 Å². The minimum absolute atomic E-state index is 1.00. The Hall–Kier alpha value is -0.573. The summed E-state index contributed by atoms with van der Waals surface area (Å²) in [7, 11) is 1.23. The van der Waals surface area contributed by atoms with Crippen LogP contribution in [-0.4, -0.2) is 32.3 Å². The topological polar surface area (TPSA) is 0 Å². The zero-order chi connectivity index (χ0) is 13.6. The number of hydrogen-bond donors (Lipinski definition) is 0. The quantitative estimate of drug-likeness (QED) is 0.540. The van der Waals surface area contributed by atoms with E-state index >= 15 is 0 Å². The van der Waals surface area contributed by atoms with Gasteiger partial charge in [-0.05, 0) is 6.08 Å². The standard InChI is InChI=1S/C15H25ClNSi/c1-17(12-8-11-16,14-18(2,3)4)13-15-9-6-5-7-10-15/h5-11H,12-14H2,1-4H3/q+1/b11-8+. The van der Waals surface area contributed by atoms with Crippen LogP contribution in [0.2, 0.25) is 19.6 Å². The molecule has 100 valence electrons. The number of likely N-dealkylation sites (N-methyl/N-ethyl adjacent to an activating group) is 1. The van der Waals surface area contributed by atoms with E-state index in [0.29, 0.717) is 0 Å². The molecule has 0 fully saturated rings. The van der Waals surface area contributed by atoms with Crippen LogP contribution in [0.1, 0.15) is 5.56 Å². The monoisotopic (exact) mass is 282 g/mol. The summed E-state index contributed by atoms with van der Waals surface area (Å²) in [4.78, 5) is 0. The molecule has 1 aromatic carbocycles. The molecular formula is C15H25ClNSi+. The van der Waals surface area contributed by atoms with Crippen LogP contribution in [0.4, 0.5) is 0 Å². The fourth-order valence-electron chi connectivity index (χ4n) is 2.65. The van der Waals surface area contributed by atoms with E-state index in [9.17, 15) is 0 Å². The molecule has 0 bridgehead atoms. The molecule has 3 heteroatoms. The summed E-state index contributed by atoms with van der Waals surface area (Å²) in [5.74, 6) is 0. The van der Waals surface area contributed by atoms with Gasteiger partial charge in [-0.15, -0.1) is 0 Å². The largest absolute Gasteiger partial charge is 0.322 e. The molecule has 0 spiro atoms. The molecule has 1 atom stereocenters. The molecule has 0 aliphatic heterocycles. The first kappa shape index (κ1) is 15.5. The third-order valence-electron chi connectivity index (χ3n) is 2.90. The molecule has 0 aliphatic carbocycles.